The molecule has 0 aliphatic rings. The van der Waals surface area contributed by atoms with Gasteiger partial charge in [0.15, 0.2) is 11.6 Å². The standard InChI is InChI=1S/C21H21BrO5.C18H18O4S/c1-11(2)27-20-13(4)19(21(25)26)12(3)9-14(20)5-8-17(23)16-7-6-15(22)10-18(16)24;1-10-7-13(23-9-10)5-6-15(19)14-8-11(2)16(18(20)21)12(3)17(14)22-4/h5-11,24H,1-4H3,(H,25,26);5-9H,1-4H3,(H,20,21). The lowest BCUT2D eigenvalue weighted by molar-refractivity contribution is 0.0683. The molecule has 0 atom stereocenters. The van der Waals surface area contributed by atoms with E-state index in [1.165, 1.54) is 31.4 Å². The first-order valence-corrected chi connectivity index (χ1v) is 17.1. The molecule has 0 aliphatic carbocycles. The van der Waals surface area contributed by atoms with Crippen molar-refractivity contribution in [2.24, 2.45) is 0 Å². The number of aryl methyl sites for hydroxylation is 3. The third-order valence-corrected chi connectivity index (χ3v) is 9.01. The van der Waals surface area contributed by atoms with Crippen LogP contribution in [0.5, 0.6) is 17.2 Å². The molecule has 262 valence electrons. The maximum Gasteiger partial charge on any atom is 0.336 e. The van der Waals surface area contributed by atoms with Gasteiger partial charge >= 0.3 is 11.9 Å². The van der Waals surface area contributed by atoms with Crippen molar-refractivity contribution < 1.29 is 44.0 Å². The third kappa shape index (κ3) is 9.58. The van der Waals surface area contributed by atoms with Gasteiger partial charge in [-0.2, -0.15) is 0 Å². The lowest BCUT2D eigenvalue weighted by atomic mass is 9.95. The van der Waals surface area contributed by atoms with Gasteiger partial charge < -0.3 is 24.8 Å². The van der Waals surface area contributed by atoms with Crippen molar-refractivity contribution in [3.05, 3.63) is 119 Å². The molecule has 4 aromatic rings. The van der Waals surface area contributed by atoms with Crippen LogP contribution >= 0.6 is 27.3 Å². The Balaban J connectivity index is 0.000000274. The number of hydrogen-bond acceptors (Lipinski definition) is 8. The summed E-state index contributed by atoms with van der Waals surface area (Å²) in [7, 11) is 1.44. The van der Waals surface area contributed by atoms with Crippen LogP contribution in [0, 0.1) is 34.6 Å². The third-order valence-electron chi connectivity index (χ3n) is 7.50. The minimum absolute atomic E-state index is 0.119. The predicted octanol–water partition coefficient (Wildman–Crippen LogP) is 9.43. The number of phenols is 1. The van der Waals surface area contributed by atoms with E-state index in [0.29, 0.717) is 49.4 Å². The van der Waals surface area contributed by atoms with E-state index in [4.69, 9.17) is 9.47 Å². The lowest BCUT2D eigenvalue weighted by Crippen LogP contribution is -2.12. The van der Waals surface area contributed by atoms with Crippen molar-refractivity contribution in [1.29, 1.82) is 0 Å². The molecule has 9 nitrogen and oxygen atoms in total. The molecule has 0 aliphatic heterocycles. The van der Waals surface area contributed by atoms with Crippen LogP contribution in [0.15, 0.2) is 58.4 Å². The van der Waals surface area contributed by atoms with Crippen LogP contribution in [0.25, 0.3) is 12.2 Å². The number of carboxylic acids is 2. The maximum atomic E-state index is 12.5. The highest BCUT2D eigenvalue weighted by molar-refractivity contribution is 9.10. The number of aromatic carboxylic acids is 2. The molecule has 0 fully saturated rings. The molecule has 3 N–H and O–H groups in total. The van der Waals surface area contributed by atoms with E-state index < -0.39 is 11.9 Å². The van der Waals surface area contributed by atoms with E-state index in [1.807, 2.05) is 32.2 Å². The largest absolute Gasteiger partial charge is 0.507 e. The van der Waals surface area contributed by atoms with Crippen LogP contribution in [0.1, 0.15) is 93.5 Å². The zero-order chi connectivity index (χ0) is 37.4. The number of ether oxygens (including phenoxy) is 2. The number of hydrogen-bond donors (Lipinski definition) is 3. The molecule has 11 heteroatoms. The Hall–Kier alpha value is -5.00. The number of aromatic hydroxyl groups is 1. The fourth-order valence-electron chi connectivity index (χ4n) is 5.34. The number of carbonyl (C=O) groups is 4. The van der Waals surface area contributed by atoms with Gasteiger partial charge in [-0.1, -0.05) is 15.9 Å². The summed E-state index contributed by atoms with van der Waals surface area (Å²) in [6.45, 7) is 12.4. The minimum Gasteiger partial charge on any atom is -0.507 e. The Bertz CT molecular complexity index is 2020. The Kier molecular flexibility index (Phi) is 13.5. The highest BCUT2D eigenvalue weighted by Gasteiger charge is 2.22. The summed E-state index contributed by atoms with van der Waals surface area (Å²) in [6, 6.07) is 9.90. The number of ketones is 2. The fraction of sp³-hybridized carbons (Fsp3) is 0.231. The summed E-state index contributed by atoms with van der Waals surface area (Å²) in [5, 5.41) is 30.7. The molecule has 0 saturated carbocycles. The SMILES string of the molecule is COc1c(C(=O)C=Cc2cc(C)cs2)cc(C)c(C(=O)O)c1C.Cc1cc(C=CC(=O)c2ccc(Br)cc2O)c(OC(C)C)c(C)c1C(=O)O. The van der Waals surface area contributed by atoms with E-state index in [2.05, 4.69) is 15.9 Å². The Morgan fingerprint density at radius 1 is 0.780 bits per heavy atom. The molecule has 0 bridgehead atoms. The van der Waals surface area contributed by atoms with Crippen LogP contribution in [0.4, 0.5) is 0 Å². The van der Waals surface area contributed by atoms with Crippen LogP contribution in [0.2, 0.25) is 0 Å². The summed E-state index contributed by atoms with van der Waals surface area (Å²) >= 11 is 4.80. The molecule has 50 heavy (non-hydrogen) atoms. The highest BCUT2D eigenvalue weighted by atomic mass is 79.9. The van der Waals surface area contributed by atoms with Crippen LogP contribution < -0.4 is 9.47 Å². The number of phenolic OH excluding ortho intramolecular Hbond substituents is 1. The van der Waals surface area contributed by atoms with Gasteiger partial charge in [-0.05, 0) is 131 Å². The van der Waals surface area contributed by atoms with Crippen molar-refractivity contribution in [3.8, 4) is 17.2 Å². The van der Waals surface area contributed by atoms with Gasteiger partial charge in [0.05, 0.1) is 35.5 Å². The average Bonchev–Trinajstić information content (AvgIpc) is 3.44. The van der Waals surface area contributed by atoms with E-state index in [9.17, 15) is 34.5 Å². The van der Waals surface area contributed by atoms with Crippen LogP contribution in [-0.4, -0.2) is 52.0 Å². The zero-order valence-corrected chi connectivity index (χ0v) is 31.4. The second-order valence-electron chi connectivity index (χ2n) is 11.7. The number of rotatable bonds is 11. The number of thiophene rings is 1. The fourth-order valence-corrected chi connectivity index (χ4v) is 6.48. The predicted molar refractivity (Wildman–Crippen MR) is 200 cm³/mol. The van der Waals surface area contributed by atoms with E-state index in [1.54, 1.807) is 69.4 Å². The average molecular weight is 764 g/mol. The van der Waals surface area contributed by atoms with Gasteiger partial charge in [0.25, 0.3) is 0 Å². The molecule has 4 rings (SSSR count). The quantitative estimate of drug-likeness (QED) is 0.100. The maximum absolute atomic E-state index is 12.5. The normalized spacial score (nSPS) is 11.1. The summed E-state index contributed by atoms with van der Waals surface area (Å²) < 4.78 is 11.8. The van der Waals surface area contributed by atoms with Gasteiger partial charge in [-0.3, -0.25) is 9.59 Å². The van der Waals surface area contributed by atoms with Gasteiger partial charge in [0, 0.05) is 26.0 Å². The second-order valence-corrected chi connectivity index (χ2v) is 13.6. The van der Waals surface area contributed by atoms with Gasteiger partial charge in [-0.15, -0.1) is 11.3 Å². The van der Waals surface area contributed by atoms with Crippen LogP contribution in [-0.2, 0) is 0 Å². The van der Waals surface area contributed by atoms with Crippen molar-refractivity contribution in [2.45, 2.75) is 54.6 Å². The first-order valence-electron chi connectivity index (χ1n) is 15.4. The van der Waals surface area contributed by atoms with Gasteiger partial charge in [-0.25, -0.2) is 9.59 Å². The van der Waals surface area contributed by atoms with Crippen molar-refractivity contribution in [3.63, 3.8) is 0 Å². The van der Waals surface area contributed by atoms with Crippen molar-refractivity contribution in [2.75, 3.05) is 7.11 Å². The van der Waals surface area contributed by atoms with Gasteiger partial charge in [0.1, 0.15) is 17.2 Å². The molecule has 1 heterocycles. The Labute approximate surface area is 303 Å². The first-order chi connectivity index (χ1) is 23.5. The Morgan fingerprint density at radius 2 is 1.34 bits per heavy atom. The van der Waals surface area contributed by atoms with Crippen molar-refractivity contribution >= 4 is 62.9 Å². The lowest BCUT2D eigenvalue weighted by Gasteiger charge is -2.18. The topological polar surface area (TPSA) is 147 Å². The number of benzene rings is 3. The molecule has 0 radical (unpaired) electrons. The summed E-state index contributed by atoms with van der Waals surface area (Å²) in [4.78, 5) is 48.8. The Morgan fingerprint density at radius 3 is 1.86 bits per heavy atom. The monoisotopic (exact) mass is 762 g/mol. The summed E-state index contributed by atoms with van der Waals surface area (Å²) in [5.74, 6) is -2.01. The number of halogens is 1. The van der Waals surface area contributed by atoms with Crippen molar-refractivity contribution in [1.82, 2.24) is 0 Å². The summed E-state index contributed by atoms with van der Waals surface area (Å²) in [6.07, 6.45) is 6.00. The molecular weight excluding hydrogens is 724 g/mol. The van der Waals surface area contributed by atoms with Gasteiger partial charge in [0.2, 0.25) is 0 Å². The molecule has 0 saturated heterocycles. The first kappa shape index (κ1) is 39.4. The molecule has 0 amide bonds. The molecular formula is C39H39BrO9S. The molecule has 1 aromatic heterocycles. The van der Waals surface area contributed by atoms with Crippen LogP contribution in [0.3, 0.4) is 0 Å². The number of carbonyl (C=O) groups excluding carboxylic acids is 2. The highest BCUT2D eigenvalue weighted by Crippen LogP contribution is 2.33. The van der Waals surface area contributed by atoms with E-state index >= 15 is 0 Å². The van der Waals surface area contributed by atoms with E-state index in [-0.39, 0.29) is 40.1 Å². The number of allylic oxidation sites excluding steroid dienone is 2. The molecule has 3 aromatic carbocycles. The zero-order valence-electron chi connectivity index (χ0n) is 29.0. The smallest absolute Gasteiger partial charge is 0.336 e. The number of methoxy groups -OCH3 is 1. The summed E-state index contributed by atoms with van der Waals surface area (Å²) in [5.41, 5.74) is 4.77. The minimum atomic E-state index is -1.03. The van der Waals surface area contributed by atoms with E-state index in [0.717, 1.165) is 10.4 Å². The molecule has 0 spiro atoms. The second kappa shape index (κ2) is 17.1. The molecule has 0 unspecified atom stereocenters. The number of carboxylic acid groups (broad SMARTS) is 2.